The lowest BCUT2D eigenvalue weighted by Gasteiger charge is -1.96. The minimum absolute atomic E-state index is 0.746. The molecule has 0 unspecified atom stereocenters. The number of rotatable bonds is 2. The zero-order chi connectivity index (χ0) is 12.4. The molecule has 2 nitrogen and oxygen atoms in total. The number of benzene rings is 1. The van der Waals surface area contributed by atoms with Crippen molar-refractivity contribution in [3.63, 3.8) is 0 Å². The van der Waals surface area contributed by atoms with Crippen molar-refractivity contribution in [2.75, 3.05) is 0 Å². The molecular formula is C14H9ClN2S. The van der Waals surface area contributed by atoms with Crippen molar-refractivity contribution in [2.45, 2.75) is 0 Å². The number of hydrogen-bond donors (Lipinski definition) is 0. The third kappa shape index (κ3) is 2.28. The maximum absolute atomic E-state index is 5.88. The molecule has 0 atom stereocenters. The van der Waals surface area contributed by atoms with Crippen molar-refractivity contribution in [3.05, 3.63) is 60.0 Å². The van der Waals surface area contributed by atoms with Crippen LogP contribution in [0.15, 0.2) is 55.0 Å². The van der Waals surface area contributed by atoms with E-state index in [0.717, 1.165) is 26.0 Å². The van der Waals surface area contributed by atoms with Gasteiger partial charge in [0.15, 0.2) is 0 Å². The van der Waals surface area contributed by atoms with Gasteiger partial charge in [-0.1, -0.05) is 23.7 Å². The maximum atomic E-state index is 5.88. The van der Waals surface area contributed by atoms with E-state index in [9.17, 15) is 0 Å². The van der Waals surface area contributed by atoms with E-state index >= 15 is 0 Å². The molecule has 0 saturated carbocycles. The molecular weight excluding hydrogens is 264 g/mol. The normalized spacial score (nSPS) is 10.5. The molecule has 0 fully saturated rings. The Hall–Kier alpha value is -1.71. The van der Waals surface area contributed by atoms with Crippen molar-refractivity contribution in [2.24, 2.45) is 0 Å². The molecule has 0 aliphatic heterocycles. The second-order valence-corrected chi connectivity index (χ2v) is 5.25. The Morgan fingerprint density at radius 1 is 0.944 bits per heavy atom. The fourth-order valence-electron chi connectivity index (χ4n) is 1.64. The van der Waals surface area contributed by atoms with Gasteiger partial charge in [-0.15, -0.1) is 11.3 Å². The van der Waals surface area contributed by atoms with Gasteiger partial charge in [0.05, 0.1) is 4.88 Å². The second-order valence-electron chi connectivity index (χ2n) is 3.78. The van der Waals surface area contributed by atoms with Gasteiger partial charge in [0.1, 0.15) is 5.01 Å². The zero-order valence-electron chi connectivity index (χ0n) is 9.38. The molecule has 0 bridgehead atoms. The Balaban J connectivity index is 1.97. The Kier molecular flexibility index (Phi) is 3.09. The van der Waals surface area contributed by atoms with Gasteiger partial charge in [-0.05, 0) is 29.8 Å². The molecule has 0 aliphatic rings. The van der Waals surface area contributed by atoms with Crippen LogP contribution in [-0.2, 0) is 0 Å². The number of thiazole rings is 1. The standard InChI is InChI=1S/C14H9ClN2S/c15-12-5-3-10(4-6-12)13-9-17-14(18-13)11-2-1-7-16-8-11/h1-9H. The molecule has 4 heteroatoms. The van der Waals surface area contributed by atoms with Crippen molar-refractivity contribution in [1.82, 2.24) is 9.97 Å². The van der Waals surface area contributed by atoms with Crippen molar-refractivity contribution in [1.29, 1.82) is 0 Å². The second kappa shape index (κ2) is 4.88. The van der Waals surface area contributed by atoms with Crippen molar-refractivity contribution >= 4 is 22.9 Å². The van der Waals surface area contributed by atoms with Gasteiger partial charge >= 0.3 is 0 Å². The summed E-state index contributed by atoms with van der Waals surface area (Å²) in [7, 11) is 0. The largest absolute Gasteiger partial charge is 0.264 e. The third-order valence-electron chi connectivity index (χ3n) is 2.54. The smallest absolute Gasteiger partial charge is 0.125 e. The molecule has 0 spiro atoms. The third-order valence-corrected chi connectivity index (χ3v) is 3.89. The Labute approximate surface area is 114 Å². The number of hydrogen-bond acceptors (Lipinski definition) is 3. The van der Waals surface area contributed by atoms with E-state index in [0.29, 0.717) is 0 Å². The van der Waals surface area contributed by atoms with Gasteiger partial charge < -0.3 is 0 Å². The number of halogens is 1. The molecule has 0 amide bonds. The Bertz CT molecular complexity index is 647. The average Bonchev–Trinajstić information content (AvgIpc) is 2.90. The molecule has 0 saturated heterocycles. The molecule has 1 aromatic carbocycles. The summed E-state index contributed by atoms with van der Waals surface area (Å²) in [6.45, 7) is 0. The molecule has 88 valence electrons. The molecule has 18 heavy (non-hydrogen) atoms. The molecule has 0 N–H and O–H groups in total. The van der Waals surface area contributed by atoms with Crippen molar-refractivity contribution in [3.8, 4) is 21.0 Å². The minimum atomic E-state index is 0.746. The highest BCUT2D eigenvalue weighted by Gasteiger charge is 2.06. The van der Waals surface area contributed by atoms with Crippen LogP contribution in [0.2, 0.25) is 5.02 Å². The summed E-state index contributed by atoms with van der Waals surface area (Å²) in [5.74, 6) is 0. The molecule has 2 aromatic heterocycles. The van der Waals surface area contributed by atoms with Crippen LogP contribution in [-0.4, -0.2) is 9.97 Å². The van der Waals surface area contributed by atoms with Gasteiger partial charge in [0.2, 0.25) is 0 Å². The summed E-state index contributed by atoms with van der Waals surface area (Å²) in [6.07, 6.45) is 5.47. The maximum Gasteiger partial charge on any atom is 0.125 e. The van der Waals surface area contributed by atoms with Crippen LogP contribution >= 0.6 is 22.9 Å². The summed E-state index contributed by atoms with van der Waals surface area (Å²) in [5, 5.41) is 1.73. The summed E-state index contributed by atoms with van der Waals surface area (Å²) in [6, 6.07) is 11.7. The van der Waals surface area contributed by atoms with Gasteiger partial charge in [-0.2, -0.15) is 0 Å². The Morgan fingerprint density at radius 3 is 2.50 bits per heavy atom. The first-order chi connectivity index (χ1) is 8.83. The van der Waals surface area contributed by atoms with Gasteiger partial charge in [0.25, 0.3) is 0 Å². The van der Waals surface area contributed by atoms with E-state index in [-0.39, 0.29) is 0 Å². The lowest BCUT2D eigenvalue weighted by Crippen LogP contribution is -1.75. The zero-order valence-corrected chi connectivity index (χ0v) is 10.9. The molecule has 0 aliphatic carbocycles. The fourth-order valence-corrected chi connectivity index (χ4v) is 2.68. The predicted octanol–water partition coefficient (Wildman–Crippen LogP) is 4.53. The number of aromatic nitrogens is 2. The van der Waals surface area contributed by atoms with Crippen LogP contribution in [0, 0.1) is 0 Å². The SMILES string of the molecule is Clc1ccc(-c2cnc(-c3cccnc3)s2)cc1. The molecule has 3 rings (SSSR count). The Morgan fingerprint density at radius 2 is 1.78 bits per heavy atom. The first-order valence-electron chi connectivity index (χ1n) is 5.45. The van der Waals surface area contributed by atoms with Crippen LogP contribution in [0.4, 0.5) is 0 Å². The van der Waals surface area contributed by atoms with Crippen LogP contribution in [0.25, 0.3) is 21.0 Å². The van der Waals surface area contributed by atoms with E-state index in [2.05, 4.69) is 9.97 Å². The summed E-state index contributed by atoms with van der Waals surface area (Å²) in [4.78, 5) is 9.66. The molecule has 0 radical (unpaired) electrons. The topological polar surface area (TPSA) is 25.8 Å². The first-order valence-corrected chi connectivity index (χ1v) is 6.64. The van der Waals surface area contributed by atoms with E-state index in [1.807, 2.05) is 48.8 Å². The van der Waals surface area contributed by atoms with Gasteiger partial charge in [0, 0.05) is 29.2 Å². The highest BCUT2D eigenvalue weighted by atomic mass is 35.5. The highest BCUT2D eigenvalue weighted by Crippen LogP contribution is 2.31. The predicted molar refractivity (Wildman–Crippen MR) is 75.8 cm³/mol. The van der Waals surface area contributed by atoms with Gasteiger partial charge in [-0.3, -0.25) is 4.98 Å². The minimum Gasteiger partial charge on any atom is -0.264 e. The van der Waals surface area contributed by atoms with Crippen LogP contribution in [0.1, 0.15) is 0 Å². The highest BCUT2D eigenvalue weighted by molar-refractivity contribution is 7.18. The first kappa shape index (κ1) is 11.4. The summed E-state index contributed by atoms with van der Waals surface area (Å²) < 4.78 is 0. The lowest BCUT2D eigenvalue weighted by molar-refractivity contribution is 1.31. The van der Waals surface area contributed by atoms with E-state index in [4.69, 9.17) is 11.6 Å². The van der Waals surface area contributed by atoms with Crippen LogP contribution < -0.4 is 0 Å². The van der Waals surface area contributed by atoms with Crippen LogP contribution in [0.5, 0.6) is 0 Å². The fraction of sp³-hybridized carbons (Fsp3) is 0. The monoisotopic (exact) mass is 272 g/mol. The van der Waals surface area contributed by atoms with E-state index in [1.165, 1.54) is 0 Å². The summed E-state index contributed by atoms with van der Waals surface area (Å²) in [5.41, 5.74) is 2.18. The lowest BCUT2D eigenvalue weighted by atomic mass is 10.2. The molecule has 3 aromatic rings. The van der Waals surface area contributed by atoms with E-state index < -0.39 is 0 Å². The number of nitrogens with zero attached hydrogens (tertiary/aromatic N) is 2. The van der Waals surface area contributed by atoms with E-state index in [1.54, 1.807) is 17.5 Å². The summed E-state index contributed by atoms with van der Waals surface area (Å²) >= 11 is 7.53. The van der Waals surface area contributed by atoms with Gasteiger partial charge in [-0.25, -0.2) is 4.98 Å². The van der Waals surface area contributed by atoms with Crippen molar-refractivity contribution < 1.29 is 0 Å². The quantitative estimate of drug-likeness (QED) is 0.685. The number of pyridine rings is 1. The van der Waals surface area contributed by atoms with Crippen LogP contribution in [0.3, 0.4) is 0 Å². The molecule has 2 heterocycles. The average molecular weight is 273 g/mol.